The van der Waals surface area contributed by atoms with Gasteiger partial charge in [-0.25, -0.2) is 0 Å². The molecule has 1 aromatic carbocycles. The molecule has 0 radical (unpaired) electrons. The number of thiophene rings is 1. The van der Waals surface area contributed by atoms with Gasteiger partial charge in [-0.1, -0.05) is 31.0 Å². The minimum Gasteiger partial charge on any atom is -0.503 e. The first-order chi connectivity index (χ1) is 13.6. The van der Waals surface area contributed by atoms with Crippen molar-refractivity contribution in [3.63, 3.8) is 0 Å². The zero-order chi connectivity index (χ0) is 19.7. The predicted molar refractivity (Wildman–Crippen MR) is 108 cm³/mol. The number of carbonyl (C=O) groups is 2. The highest BCUT2D eigenvalue weighted by Crippen LogP contribution is 2.44. The van der Waals surface area contributed by atoms with Crippen molar-refractivity contribution < 1.29 is 19.4 Å². The van der Waals surface area contributed by atoms with Crippen LogP contribution in [0.1, 0.15) is 53.9 Å². The molecule has 146 valence electrons. The Morgan fingerprint density at radius 3 is 2.71 bits per heavy atom. The Morgan fingerprint density at radius 1 is 1.25 bits per heavy atom. The van der Waals surface area contributed by atoms with Crippen molar-refractivity contribution in [3.8, 4) is 5.75 Å². The van der Waals surface area contributed by atoms with Crippen LogP contribution >= 0.6 is 11.3 Å². The number of aliphatic hydroxyl groups is 1. The maximum Gasteiger partial charge on any atom is 0.290 e. The second-order valence-corrected chi connectivity index (χ2v) is 8.08. The summed E-state index contributed by atoms with van der Waals surface area (Å²) in [6, 6.07) is 10.4. The Labute approximate surface area is 168 Å². The van der Waals surface area contributed by atoms with E-state index in [2.05, 4.69) is 0 Å². The molecule has 1 unspecified atom stereocenters. The van der Waals surface area contributed by atoms with E-state index in [1.54, 1.807) is 17.0 Å². The summed E-state index contributed by atoms with van der Waals surface area (Å²) in [5, 5.41) is 12.5. The van der Waals surface area contributed by atoms with Crippen molar-refractivity contribution in [3.05, 3.63) is 63.6 Å². The molecule has 0 bridgehead atoms. The van der Waals surface area contributed by atoms with Gasteiger partial charge in [0.25, 0.3) is 5.91 Å². The zero-order valence-corrected chi connectivity index (χ0v) is 16.6. The van der Waals surface area contributed by atoms with Crippen LogP contribution in [0.2, 0.25) is 0 Å². The van der Waals surface area contributed by atoms with Crippen molar-refractivity contribution in [2.75, 3.05) is 6.61 Å². The number of rotatable bonds is 6. The molecule has 1 fully saturated rings. The third-order valence-corrected chi connectivity index (χ3v) is 6.30. The van der Waals surface area contributed by atoms with E-state index in [-0.39, 0.29) is 17.4 Å². The Bertz CT molecular complexity index is 912. The highest BCUT2D eigenvalue weighted by atomic mass is 32.1. The van der Waals surface area contributed by atoms with Gasteiger partial charge in [0.2, 0.25) is 5.78 Å². The first-order valence-electron chi connectivity index (χ1n) is 9.68. The molecule has 2 aromatic rings. The number of Topliss-reactive ketones (excluding diaryl/α,β-unsaturated/α-hetero) is 1. The number of benzene rings is 1. The van der Waals surface area contributed by atoms with Gasteiger partial charge in [-0.3, -0.25) is 9.59 Å². The van der Waals surface area contributed by atoms with Gasteiger partial charge in [-0.05, 0) is 48.9 Å². The summed E-state index contributed by atoms with van der Waals surface area (Å²) in [7, 11) is 0. The van der Waals surface area contributed by atoms with Crippen LogP contribution in [-0.2, 0) is 4.79 Å². The monoisotopic (exact) mass is 397 g/mol. The molecule has 1 amide bonds. The number of amides is 1. The topological polar surface area (TPSA) is 66.8 Å². The molecule has 1 saturated carbocycles. The first-order valence-corrected chi connectivity index (χ1v) is 10.6. The van der Waals surface area contributed by atoms with Gasteiger partial charge in [-0.2, -0.15) is 0 Å². The number of ketones is 1. The summed E-state index contributed by atoms with van der Waals surface area (Å²) in [4.78, 5) is 28.4. The molecule has 0 spiro atoms. The number of aliphatic hydroxyl groups excluding tert-OH is 1. The molecule has 2 heterocycles. The van der Waals surface area contributed by atoms with E-state index in [0.29, 0.717) is 17.2 Å². The van der Waals surface area contributed by atoms with Crippen molar-refractivity contribution in [2.45, 2.75) is 44.7 Å². The molecule has 28 heavy (non-hydrogen) atoms. The lowest BCUT2D eigenvalue weighted by molar-refractivity contribution is -0.131. The van der Waals surface area contributed by atoms with Crippen molar-refractivity contribution in [2.24, 2.45) is 0 Å². The number of ether oxygens (including phenoxy) is 1. The van der Waals surface area contributed by atoms with Gasteiger partial charge in [0.15, 0.2) is 5.76 Å². The van der Waals surface area contributed by atoms with Gasteiger partial charge < -0.3 is 14.7 Å². The third kappa shape index (κ3) is 3.22. The minimum absolute atomic E-state index is 0.0315. The maximum absolute atomic E-state index is 13.2. The van der Waals surface area contributed by atoms with Gasteiger partial charge in [-0.15, -0.1) is 11.3 Å². The SMILES string of the molecule is CCOc1cccc(C2C(C(=O)c3cccs3)=C(O)C(=O)N2C2CCCC2)c1. The molecule has 5 nitrogen and oxygen atoms in total. The molecule has 6 heteroatoms. The van der Waals surface area contributed by atoms with E-state index >= 15 is 0 Å². The van der Waals surface area contributed by atoms with Crippen LogP contribution in [0, 0.1) is 0 Å². The second kappa shape index (κ2) is 7.80. The van der Waals surface area contributed by atoms with Gasteiger partial charge in [0.1, 0.15) is 5.75 Å². The molecule has 2 aliphatic rings. The molecule has 1 atom stereocenters. The number of hydrogen-bond donors (Lipinski definition) is 1. The zero-order valence-electron chi connectivity index (χ0n) is 15.8. The van der Waals surface area contributed by atoms with Crippen molar-refractivity contribution >= 4 is 23.0 Å². The highest BCUT2D eigenvalue weighted by molar-refractivity contribution is 7.12. The Morgan fingerprint density at radius 2 is 2.04 bits per heavy atom. The van der Waals surface area contributed by atoms with E-state index in [0.717, 1.165) is 31.2 Å². The Kier molecular flexibility index (Phi) is 5.22. The molecule has 1 aromatic heterocycles. The summed E-state index contributed by atoms with van der Waals surface area (Å²) < 4.78 is 5.62. The summed E-state index contributed by atoms with van der Waals surface area (Å²) >= 11 is 1.31. The fourth-order valence-electron chi connectivity index (χ4n) is 4.22. The lowest BCUT2D eigenvalue weighted by Crippen LogP contribution is -2.38. The van der Waals surface area contributed by atoms with Crippen LogP contribution in [0.25, 0.3) is 0 Å². The van der Waals surface area contributed by atoms with Crippen LogP contribution in [0.15, 0.2) is 53.1 Å². The molecular weight excluding hydrogens is 374 g/mol. The summed E-state index contributed by atoms with van der Waals surface area (Å²) in [5.41, 5.74) is 0.961. The van der Waals surface area contributed by atoms with Crippen molar-refractivity contribution in [1.29, 1.82) is 0 Å². The van der Waals surface area contributed by atoms with Gasteiger partial charge in [0, 0.05) is 6.04 Å². The smallest absolute Gasteiger partial charge is 0.290 e. The van der Waals surface area contributed by atoms with E-state index in [1.165, 1.54) is 11.3 Å². The molecule has 1 aliphatic heterocycles. The normalized spacial score (nSPS) is 20.2. The molecular formula is C22H23NO4S. The van der Waals surface area contributed by atoms with Crippen LogP contribution in [0.3, 0.4) is 0 Å². The van der Waals surface area contributed by atoms with Gasteiger partial charge in [0.05, 0.1) is 23.1 Å². The number of hydrogen-bond acceptors (Lipinski definition) is 5. The number of nitrogens with zero attached hydrogens (tertiary/aromatic N) is 1. The lowest BCUT2D eigenvalue weighted by Gasteiger charge is -2.32. The van der Waals surface area contributed by atoms with Crippen LogP contribution < -0.4 is 4.74 Å². The second-order valence-electron chi connectivity index (χ2n) is 7.13. The van der Waals surface area contributed by atoms with E-state index < -0.39 is 17.7 Å². The quantitative estimate of drug-likeness (QED) is 0.720. The first kappa shape index (κ1) is 18.7. The van der Waals surface area contributed by atoms with Crippen molar-refractivity contribution in [1.82, 2.24) is 4.90 Å². The summed E-state index contributed by atoms with van der Waals surface area (Å²) in [6.45, 7) is 2.44. The third-order valence-electron chi connectivity index (χ3n) is 5.44. The van der Waals surface area contributed by atoms with Crippen LogP contribution in [0.5, 0.6) is 5.75 Å². The summed E-state index contributed by atoms with van der Waals surface area (Å²) in [6.07, 6.45) is 3.88. The predicted octanol–water partition coefficient (Wildman–Crippen LogP) is 4.67. The average molecular weight is 397 g/mol. The summed E-state index contributed by atoms with van der Waals surface area (Å²) in [5.74, 6) is -0.461. The van der Waals surface area contributed by atoms with Gasteiger partial charge >= 0.3 is 0 Å². The van der Waals surface area contributed by atoms with Crippen LogP contribution in [-0.4, -0.2) is 34.3 Å². The molecule has 1 aliphatic carbocycles. The van der Waals surface area contributed by atoms with E-state index in [9.17, 15) is 14.7 Å². The number of carbonyl (C=O) groups excluding carboxylic acids is 2. The largest absolute Gasteiger partial charge is 0.503 e. The Hall–Kier alpha value is -2.60. The van der Waals surface area contributed by atoms with Crippen LogP contribution in [0.4, 0.5) is 0 Å². The molecule has 0 saturated heterocycles. The fourth-order valence-corrected chi connectivity index (χ4v) is 4.90. The minimum atomic E-state index is -0.592. The standard InChI is InChI=1S/C22H23NO4S/c1-2-27-16-10-5-7-14(13-16)19-18(20(24)17-11-6-12-28-17)21(25)22(26)23(19)15-8-3-4-9-15/h5-7,10-13,15,19,25H,2-4,8-9H2,1H3. The van der Waals surface area contributed by atoms with E-state index in [1.807, 2.05) is 36.6 Å². The lowest BCUT2D eigenvalue weighted by atomic mass is 9.94. The molecule has 1 N–H and O–H groups in total. The average Bonchev–Trinajstić information content (AvgIpc) is 3.44. The van der Waals surface area contributed by atoms with E-state index in [4.69, 9.17) is 4.74 Å². The fraction of sp³-hybridized carbons (Fsp3) is 0.364. The highest BCUT2D eigenvalue weighted by Gasteiger charge is 2.47. The molecule has 4 rings (SSSR count). The Balaban J connectivity index is 1.81. The maximum atomic E-state index is 13.2.